The largest absolute Gasteiger partial charge is 0.456 e. The van der Waals surface area contributed by atoms with Crippen molar-refractivity contribution in [3.05, 3.63) is 69.8 Å². The SMILES string of the molecule is Cc1ccc(NC(=O)Cc2nc(COC(=O)C3=CN4CCS(=O)(=O)N=C4C=C3)cs2)cc1. The summed E-state index contributed by atoms with van der Waals surface area (Å²) in [6.45, 7) is 2.17. The molecule has 3 heterocycles. The topological polar surface area (TPSA) is 118 Å². The molecule has 4 rings (SSSR count). The van der Waals surface area contributed by atoms with Gasteiger partial charge in [0.2, 0.25) is 5.91 Å². The first-order valence-electron chi connectivity index (χ1n) is 9.73. The molecular formula is C21H20N4O5S2. The van der Waals surface area contributed by atoms with Crippen LogP contribution in [0.4, 0.5) is 5.69 Å². The number of hydrogen-bond donors (Lipinski definition) is 1. The van der Waals surface area contributed by atoms with Gasteiger partial charge in [0.15, 0.2) is 0 Å². The van der Waals surface area contributed by atoms with Gasteiger partial charge >= 0.3 is 5.97 Å². The van der Waals surface area contributed by atoms with Crippen LogP contribution in [0.5, 0.6) is 0 Å². The van der Waals surface area contributed by atoms with Crippen LogP contribution in [0.25, 0.3) is 0 Å². The van der Waals surface area contributed by atoms with E-state index in [4.69, 9.17) is 4.74 Å². The molecule has 0 fully saturated rings. The number of aryl methyl sites for hydroxylation is 1. The number of amides is 1. The van der Waals surface area contributed by atoms with Crippen LogP contribution < -0.4 is 5.32 Å². The molecule has 0 atom stereocenters. The minimum atomic E-state index is -3.45. The van der Waals surface area contributed by atoms with Crippen LogP contribution in [0.1, 0.15) is 16.3 Å². The van der Waals surface area contributed by atoms with Crippen LogP contribution >= 0.6 is 11.3 Å². The molecule has 1 aromatic carbocycles. The molecule has 9 nitrogen and oxygen atoms in total. The molecule has 32 heavy (non-hydrogen) atoms. The summed E-state index contributed by atoms with van der Waals surface area (Å²) in [5.41, 5.74) is 2.67. The smallest absolute Gasteiger partial charge is 0.340 e. The van der Waals surface area contributed by atoms with Gasteiger partial charge in [0.1, 0.15) is 17.5 Å². The van der Waals surface area contributed by atoms with Crippen LogP contribution in [0.15, 0.2) is 58.0 Å². The average Bonchev–Trinajstić information content (AvgIpc) is 3.19. The van der Waals surface area contributed by atoms with Gasteiger partial charge in [0.05, 0.1) is 23.4 Å². The van der Waals surface area contributed by atoms with Crippen LogP contribution in [0.2, 0.25) is 0 Å². The van der Waals surface area contributed by atoms with Gasteiger partial charge in [-0.05, 0) is 31.2 Å². The molecule has 0 bridgehead atoms. The fourth-order valence-electron chi connectivity index (χ4n) is 3.02. The molecule has 0 saturated heterocycles. The molecule has 2 aromatic rings. The van der Waals surface area contributed by atoms with E-state index < -0.39 is 16.0 Å². The Hall–Kier alpha value is -3.31. The summed E-state index contributed by atoms with van der Waals surface area (Å²) in [5.74, 6) is -0.561. The quantitative estimate of drug-likeness (QED) is 0.640. The van der Waals surface area contributed by atoms with Gasteiger partial charge in [0.25, 0.3) is 10.0 Å². The lowest BCUT2D eigenvalue weighted by Gasteiger charge is -2.26. The number of esters is 1. The third-order valence-corrected chi connectivity index (χ3v) is 6.72. The number of carbonyl (C=O) groups is 2. The van der Waals surface area contributed by atoms with Gasteiger partial charge in [-0.15, -0.1) is 15.7 Å². The summed E-state index contributed by atoms with van der Waals surface area (Å²) in [6.07, 6.45) is 4.60. The zero-order valence-corrected chi connectivity index (χ0v) is 18.8. The second kappa shape index (κ2) is 9.05. The molecular weight excluding hydrogens is 452 g/mol. The summed E-state index contributed by atoms with van der Waals surface area (Å²) in [4.78, 5) is 30.5. The Bertz CT molecular complexity index is 1240. The highest BCUT2D eigenvalue weighted by atomic mass is 32.2. The number of aromatic nitrogens is 1. The third kappa shape index (κ3) is 5.48. The number of sulfonamides is 1. The molecule has 0 unspecified atom stereocenters. The fourth-order valence-corrected chi connectivity index (χ4v) is 4.77. The number of hydrogen-bond acceptors (Lipinski definition) is 8. The maximum absolute atomic E-state index is 12.4. The number of fused-ring (bicyclic) bond motifs is 1. The molecule has 0 radical (unpaired) electrons. The lowest BCUT2D eigenvalue weighted by Crippen LogP contribution is -2.37. The van der Waals surface area contributed by atoms with Crippen LogP contribution in [-0.4, -0.2) is 48.3 Å². The molecule has 2 aliphatic rings. The molecule has 1 amide bonds. The number of rotatable bonds is 6. The van der Waals surface area contributed by atoms with Crippen molar-refractivity contribution in [2.75, 3.05) is 17.6 Å². The first-order valence-corrected chi connectivity index (χ1v) is 12.2. The Morgan fingerprint density at radius 1 is 1.22 bits per heavy atom. The van der Waals surface area contributed by atoms with E-state index >= 15 is 0 Å². The number of benzene rings is 1. The summed E-state index contributed by atoms with van der Waals surface area (Å²) in [6, 6.07) is 7.52. The molecule has 0 aliphatic carbocycles. The lowest BCUT2D eigenvalue weighted by molar-refractivity contribution is -0.140. The summed E-state index contributed by atoms with van der Waals surface area (Å²) >= 11 is 1.32. The fraction of sp³-hybridized carbons (Fsp3) is 0.238. The molecule has 166 valence electrons. The zero-order valence-electron chi connectivity index (χ0n) is 17.1. The van der Waals surface area contributed by atoms with Crippen molar-refractivity contribution >= 4 is 44.8 Å². The molecule has 2 aliphatic heterocycles. The first kappa shape index (κ1) is 21.9. The molecule has 11 heteroatoms. The van der Waals surface area contributed by atoms with Crippen LogP contribution in [0, 0.1) is 6.92 Å². The standard InChI is InChI=1S/C21H20N4O5S2/c1-14-2-5-16(6-3-14)22-19(26)10-20-23-17(13-31-20)12-30-21(27)15-4-7-18-24-32(28,29)9-8-25(18)11-15/h2-7,11,13H,8-10,12H2,1H3,(H,22,26). The van der Waals surface area contributed by atoms with E-state index in [0.717, 1.165) is 11.3 Å². The second-order valence-electron chi connectivity index (χ2n) is 7.25. The Balaban J connectivity index is 1.29. The Kier molecular flexibility index (Phi) is 6.19. The number of nitrogens with one attached hydrogen (secondary N) is 1. The van der Waals surface area contributed by atoms with E-state index in [9.17, 15) is 18.0 Å². The van der Waals surface area contributed by atoms with Crippen molar-refractivity contribution in [3.63, 3.8) is 0 Å². The molecule has 0 saturated carbocycles. The van der Waals surface area contributed by atoms with E-state index in [1.54, 1.807) is 10.3 Å². The number of amidine groups is 1. The predicted molar refractivity (Wildman–Crippen MR) is 121 cm³/mol. The number of anilines is 1. The molecule has 1 N–H and O–H groups in total. The minimum Gasteiger partial charge on any atom is -0.456 e. The third-order valence-electron chi connectivity index (χ3n) is 4.66. The van der Waals surface area contributed by atoms with Gasteiger partial charge < -0.3 is 15.0 Å². The van der Waals surface area contributed by atoms with Crippen molar-refractivity contribution in [3.8, 4) is 0 Å². The first-order chi connectivity index (χ1) is 15.3. The minimum absolute atomic E-state index is 0.0323. The highest BCUT2D eigenvalue weighted by molar-refractivity contribution is 7.90. The maximum Gasteiger partial charge on any atom is 0.340 e. The summed E-state index contributed by atoms with van der Waals surface area (Å²) in [5, 5.41) is 5.18. The monoisotopic (exact) mass is 472 g/mol. The zero-order chi connectivity index (χ0) is 22.7. The van der Waals surface area contributed by atoms with Crippen molar-refractivity contribution < 1.29 is 22.7 Å². The molecule has 1 aromatic heterocycles. The van der Waals surface area contributed by atoms with E-state index in [1.165, 1.54) is 29.7 Å². The van der Waals surface area contributed by atoms with Gasteiger partial charge in [-0.2, -0.15) is 0 Å². The summed E-state index contributed by atoms with van der Waals surface area (Å²) < 4.78 is 32.1. The highest BCUT2D eigenvalue weighted by Gasteiger charge is 2.25. The van der Waals surface area contributed by atoms with Gasteiger partial charge in [-0.1, -0.05) is 17.7 Å². The van der Waals surface area contributed by atoms with Gasteiger partial charge in [0, 0.05) is 23.8 Å². The lowest BCUT2D eigenvalue weighted by atomic mass is 10.2. The Morgan fingerprint density at radius 2 is 2.00 bits per heavy atom. The van der Waals surface area contributed by atoms with E-state index in [0.29, 0.717) is 10.7 Å². The maximum atomic E-state index is 12.4. The summed E-state index contributed by atoms with van der Waals surface area (Å²) in [7, 11) is -3.45. The van der Waals surface area contributed by atoms with E-state index in [2.05, 4.69) is 14.7 Å². The number of nitrogens with zero attached hydrogens (tertiary/aromatic N) is 3. The number of ether oxygens (including phenoxy) is 1. The molecule has 0 spiro atoms. The van der Waals surface area contributed by atoms with Crippen molar-refractivity contribution in [2.24, 2.45) is 4.40 Å². The van der Waals surface area contributed by atoms with Gasteiger partial charge in [-0.25, -0.2) is 18.2 Å². The highest BCUT2D eigenvalue weighted by Crippen LogP contribution is 2.18. The van der Waals surface area contributed by atoms with Crippen molar-refractivity contribution in [2.45, 2.75) is 20.0 Å². The Morgan fingerprint density at radius 3 is 2.78 bits per heavy atom. The second-order valence-corrected chi connectivity index (χ2v) is 9.94. The Labute approximate surface area is 189 Å². The predicted octanol–water partition coefficient (Wildman–Crippen LogP) is 2.17. The van der Waals surface area contributed by atoms with Crippen molar-refractivity contribution in [1.82, 2.24) is 9.88 Å². The number of carbonyl (C=O) groups excluding carboxylic acids is 2. The van der Waals surface area contributed by atoms with E-state index in [1.807, 2.05) is 31.2 Å². The van der Waals surface area contributed by atoms with E-state index in [-0.39, 0.29) is 42.6 Å². The normalized spacial score (nSPS) is 16.6. The number of thiazole rings is 1. The van der Waals surface area contributed by atoms with Crippen LogP contribution in [0.3, 0.4) is 0 Å². The average molecular weight is 473 g/mol. The van der Waals surface area contributed by atoms with Crippen molar-refractivity contribution in [1.29, 1.82) is 0 Å². The van der Waals surface area contributed by atoms with Gasteiger partial charge in [-0.3, -0.25) is 4.79 Å². The van der Waals surface area contributed by atoms with Crippen LogP contribution in [-0.2, 0) is 37.4 Å².